The van der Waals surface area contributed by atoms with Crippen LogP contribution in [0.3, 0.4) is 0 Å². The van der Waals surface area contributed by atoms with Gasteiger partial charge >= 0.3 is 12.1 Å². The van der Waals surface area contributed by atoms with E-state index >= 15 is 0 Å². The Bertz CT molecular complexity index is 774. The number of alkyl halides is 3. The SMILES string of the molecule is CC(NC(=O)COC(=O)c1ccc(C(F)(F)F)cc1)c1ccc(Cl)cc1. The molecule has 0 heterocycles. The maximum absolute atomic E-state index is 12.5. The highest BCUT2D eigenvalue weighted by Gasteiger charge is 2.30. The van der Waals surface area contributed by atoms with E-state index in [0.717, 1.165) is 29.8 Å². The first-order chi connectivity index (χ1) is 12.2. The summed E-state index contributed by atoms with van der Waals surface area (Å²) >= 11 is 5.79. The quantitative estimate of drug-likeness (QED) is 0.776. The van der Waals surface area contributed by atoms with Crippen LogP contribution in [-0.2, 0) is 15.7 Å². The summed E-state index contributed by atoms with van der Waals surface area (Å²) in [7, 11) is 0. The van der Waals surface area contributed by atoms with Crippen LogP contribution >= 0.6 is 11.6 Å². The fourth-order valence-electron chi connectivity index (χ4n) is 2.13. The molecule has 8 heteroatoms. The zero-order valence-electron chi connectivity index (χ0n) is 13.6. The fourth-order valence-corrected chi connectivity index (χ4v) is 2.25. The van der Waals surface area contributed by atoms with Gasteiger partial charge in [-0.1, -0.05) is 23.7 Å². The van der Waals surface area contributed by atoms with E-state index in [-0.39, 0.29) is 11.6 Å². The summed E-state index contributed by atoms with van der Waals surface area (Å²) in [6.45, 7) is 1.20. The third-order valence-electron chi connectivity index (χ3n) is 3.53. The highest BCUT2D eigenvalue weighted by molar-refractivity contribution is 6.30. The molecule has 0 fully saturated rings. The van der Waals surface area contributed by atoms with Gasteiger partial charge in [0.1, 0.15) is 0 Å². The molecule has 1 unspecified atom stereocenters. The van der Waals surface area contributed by atoms with Gasteiger partial charge in [-0.3, -0.25) is 4.79 Å². The highest BCUT2D eigenvalue weighted by Crippen LogP contribution is 2.29. The number of nitrogens with one attached hydrogen (secondary N) is 1. The van der Waals surface area contributed by atoms with Gasteiger partial charge in [0.15, 0.2) is 6.61 Å². The normalized spacial score (nSPS) is 12.3. The Morgan fingerprint density at radius 1 is 1.08 bits per heavy atom. The van der Waals surface area contributed by atoms with E-state index in [2.05, 4.69) is 5.32 Å². The van der Waals surface area contributed by atoms with Crippen LogP contribution in [0.4, 0.5) is 13.2 Å². The third-order valence-corrected chi connectivity index (χ3v) is 3.78. The third kappa shape index (κ3) is 5.49. The molecule has 2 rings (SSSR count). The van der Waals surface area contributed by atoms with Gasteiger partial charge in [0.2, 0.25) is 0 Å². The van der Waals surface area contributed by atoms with Crippen LogP contribution in [-0.4, -0.2) is 18.5 Å². The number of esters is 1. The number of carbonyl (C=O) groups is 2. The molecule has 0 aliphatic rings. The van der Waals surface area contributed by atoms with Crippen molar-refractivity contribution in [3.05, 3.63) is 70.2 Å². The van der Waals surface area contributed by atoms with Crippen LogP contribution < -0.4 is 5.32 Å². The topological polar surface area (TPSA) is 55.4 Å². The van der Waals surface area contributed by atoms with Crippen molar-refractivity contribution in [2.45, 2.75) is 19.1 Å². The second-order valence-electron chi connectivity index (χ2n) is 5.49. The standard InChI is InChI=1S/C18H15ClF3NO3/c1-11(12-4-8-15(19)9-5-12)23-16(24)10-26-17(25)13-2-6-14(7-3-13)18(20,21)22/h2-9,11H,10H2,1H3,(H,23,24). The summed E-state index contributed by atoms with van der Waals surface area (Å²) < 4.78 is 42.3. The molecule has 2 aromatic rings. The maximum atomic E-state index is 12.5. The van der Waals surface area contributed by atoms with Gasteiger partial charge < -0.3 is 10.1 Å². The van der Waals surface area contributed by atoms with Crippen LogP contribution in [0.1, 0.15) is 34.5 Å². The molecular formula is C18H15ClF3NO3. The van der Waals surface area contributed by atoms with E-state index in [1.54, 1.807) is 31.2 Å². The fraction of sp³-hybridized carbons (Fsp3) is 0.222. The van der Waals surface area contributed by atoms with Crippen LogP contribution in [0, 0.1) is 0 Å². The Morgan fingerprint density at radius 3 is 2.19 bits per heavy atom. The molecular weight excluding hydrogens is 371 g/mol. The molecule has 1 amide bonds. The number of ether oxygens (including phenoxy) is 1. The summed E-state index contributed by atoms with van der Waals surface area (Å²) in [4.78, 5) is 23.7. The predicted molar refractivity (Wildman–Crippen MR) is 89.7 cm³/mol. The number of halogens is 4. The minimum absolute atomic E-state index is 0.0726. The van der Waals surface area contributed by atoms with E-state index in [0.29, 0.717) is 5.02 Å². The number of amides is 1. The zero-order valence-corrected chi connectivity index (χ0v) is 14.4. The molecule has 2 aromatic carbocycles. The Labute approximate surface area is 152 Å². The van der Waals surface area contributed by atoms with E-state index in [4.69, 9.17) is 16.3 Å². The second-order valence-corrected chi connectivity index (χ2v) is 5.93. The van der Waals surface area contributed by atoms with Crippen LogP contribution in [0.5, 0.6) is 0 Å². The van der Waals surface area contributed by atoms with Crippen LogP contribution in [0.2, 0.25) is 5.02 Å². The largest absolute Gasteiger partial charge is 0.452 e. The van der Waals surface area contributed by atoms with E-state index in [9.17, 15) is 22.8 Å². The smallest absolute Gasteiger partial charge is 0.416 e. The molecule has 4 nitrogen and oxygen atoms in total. The van der Waals surface area contributed by atoms with Gasteiger partial charge in [-0.2, -0.15) is 13.2 Å². The number of benzene rings is 2. The molecule has 0 saturated heterocycles. The summed E-state index contributed by atoms with van der Waals surface area (Å²) in [5.74, 6) is -1.42. The molecule has 0 aromatic heterocycles. The highest BCUT2D eigenvalue weighted by atomic mass is 35.5. The molecule has 1 atom stereocenters. The first-order valence-corrected chi connectivity index (χ1v) is 7.94. The zero-order chi connectivity index (χ0) is 19.3. The molecule has 1 N–H and O–H groups in total. The molecule has 0 aliphatic carbocycles. The summed E-state index contributed by atoms with van der Waals surface area (Å²) in [6.07, 6.45) is -4.49. The number of hydrogen-bond acceptors (Lipinski definition) is 3. The monoisotopic (exact) mass is 385 g/mol. The van der Waals surface area contributed by atoms with Crippen molar-refractivity contribution < 1.29 is 27.5 Å². The summed E-state index contributed by atoms with van der Waals surface area (Å²) in [6, 6.07) is 10.1. The van der Waals surface area contributed by atoms with Crippen molar-refractivity contribution in [2.75, 3.05) is 6.61 Å². The van der Waals surface area contributed by atoms with Gasteiger partial charge in [-0.05, 0) is 48.9 Å². The van der Waals surface area contributed by atoms with Crippen molar-refractivity contribution >= 4 is 23.5 Å². The molecule has 0 bridgehead atoms. The van der Waals surface area contributed by atoms with Gasteiger partial charge in [0, 0.05) is 5.02 Å². The Kier molecular flexibility index (Phi) is 6.26. The molecule has 0 spiro atoms. The minimum atomic E-state index is -4.49. The lowest BCUT2D eigenvalue weighted by Gasteiger charge is -2.14. The van der Waals surface area contributed by atoms with Crippen molar-refractivity contribution in [1.82, 2.24) is 5.32 Å². The van der Waals surface area contributed by atoms with Gasteiger partial charge in [0.25, 0.3) is 5.91 Å². The predicted octanol–water partition coefficient (Wildman–Crippen LogP) is 4.39. The van der Waals surface area contributed by atoms with Crippen molar-refractivity contribution in [2.24, 2.45) is 0 Å². The Morgan fingerprint density at radius 2 is 1.65 bits per heavy atom. The first-order valence-electron chi connectivity index (χ1n) is 7.56. The van der Waals surface area contributed by atoms with Crippen LogP contribution in [0.15, 0.2) is 48.5 Å². The number of rotatable bonds is 5. The lowest BCUT2D eigenvalue weighted by Crippen LogP contribution is -2.31. The number of hydrogen-bond donors (Lipinski definition) is 1. The van der Waals surface area contributed by atoms with Crippen molar-refractivity contribution in [1.29, 1.82) is 0 Å². The second kappa shape index (κ2) is 8.23. The average Bonchev–Trinajstić information content (AvgIpc) is 2.59. The molecule has 138 valence electrons. The first kappa shape index (κ1) is 19.8. The molecule has 0 saturated carbocycles. The van der Waals surface area contributed by atoms with Crippen molar-refractivity contribution in [3.8, 4) is 0 Å². The van der Waals surface area contributed by atoms with E-state index in [1.165, 1.54) is 0 Å². The van der Waals surface area contributed by atoms with Crippen molar-refractivity contribution in [3.63, 3.8) is 0 Å². The number of carbonyl (C=O) groups excluding carboxylic acids is 2. The van der Waals surface area contributed by atoms with Gasteiger partial charge in [0.05, 0.1) is 17.2 Å². The lowest BCUT2D eigenvalue weighted by atomic mass is 10.1. The summed E-state index contributed by atoms with van der Waals surface area (Å²) in [5, 5.41) is 3.21. The molecule has 0 radical (unpaired) electrons. The summed E-state index contributed by atoms with van der Waals surface area (Å²) in [5.41, 5.74) is -0.128. The Hall–Kier alpha value is -2.54. The minimum Gasteiger partial charge on any atom is -0.452 e. The van der Waals surface area contributed by atoms with Crippen LogP contribution in [0.25, 0.3) is 0 Å². The maximum Gasteiger partial charge on any atom is 0.416 e. The average molecular weight is 386 g/mol. The lowest BCUT2D eigenvalue weighted by molar-refractivity contribution is -0.137. The molecule has 0 aliphatic heterocycles. The molecule has 26 heavy (non-hydrogen) atoms. The van der Waals surface area contributed by atoms with Gasteiger partial charge in [-0.15, -0.1) is 0 Å². The van der Waals surface area contributed by atoms with Gasteiger partial charge in [-0.25, -0.2) is 4.79 Å². The van der Waals surface area contributed by atoms with E-state index in [1.807, 2.05) is 0 Å². The Balaban J connectivity index is 1.86. The van der Waals surface area contributed by atoms with E-state index < -0.39 is 30.2 Å².